The Balaban J connectivity index is 2.03. The molecule has 0 bridgehead atoms. The third kappa shape index (κ3) is 4.61. The quantitative estimate of drug-likeness (QED) is 0.599. The number of nitro groups is 1. The van der Waals surface area contributed by atoms with Gasteiger partial charge in [0.1, 0.15) is 11.8 Å². The Bertz CT molecular complexity index is 672. The summed E-state index contributed by atoms with van der Waals surface area (Å²) in [7, 11) is 0. The van der Waals surface area contributed by atoms with Crippen LogP contribution in [-0.4, -0.2) is 33.7 Å². The van der Waals surface area contributed by atoms with E-state index < -0.39 is 28.8 Å². The summed E-state index contributed by atoms with van der Waals surface area (Å²) in [4.78, 5) is 45.2. The second-order valence-electron chi connectivity index (χ2n) is 5.88. The van der Waals surface area contributed by atoms with Gasteiger partial charge in [0, 0.05) is 25.0 Å². The first kappa shape index (κ1) is 17.6. The van der Waals surface area contributed by atoms with E-state index in [1.54, 1.807) is 6.07 Å². The lowest BCUT2D eigenvalue weighted by Crippen LogP contribution is -2.47. The zero-order valence-electron chi connectivity index (χ0n) is 12.9. The second kappa shape index (κ2) is 7.67. The van der Waals surface area contributed by atoms with Gasteiger partial charge >= 0.3 is 5.97 Å². The van der Waals surface area contributed by atoms with Gasteiger partial charge < -0.3 is 10.4 Å². The summed E-state index contributed by atoms with van der Waals surface area (Å²) >= 11 is 0. The number of nitro benzene ring substituents is 1. The van der Waals surface area contributed by atoms with Crippen LogP contribution in [0, 0.1) is 16.0 Å². The number of carbonyl (C=O) groups is 3. The lowest BCUT2D eigenvalue weighted by atomic mass is 9.83. The average molecular weight is 334 g/mol. The van der Waals surface area contributed by atoms with Crippen LogP contribution in [0.25, 0.3) is 0 Å². The maximum atomic E-state index is 12.1. The van der Waals surface area contributed by atoms with Gasteiger partial charge in [-0.25, -0.2) is 4.79 Å². The maximum absolute atomic E-state index is 12.1. The first-order valence-electron chi connectivity index (χ1n) is 7.64. The molecule has 0 aliphatic heterocycles. The van der Waals surface area contributed by atoms with Crippen molar-refractivity contribution in [3.05, 3.63) is 39.9 Å². The van der Waals surface area contributed by atoms with E-state index >= 15 is 0 Å². The topological polar surface area (TPSA) is 127 Å². The summed E-state index contributed by atoms with van der Waals surface area (Å²) in [5.74, 6) is -2.13. The second-order valence-corrected chi connectivity index (χ2v) is 5.88. The first-order chi connectivity index (χ1) is 11.4. The van der Waals surface area contributed by atoms with E-state index in [9.17, 15) is 29.6 Å². The molecule has 0 spiro atoms. The zero-order valence-corrected chi connectivity index (χ0v) is 12.9. The van der Waals surface area contributed by atoms with E-state index in [0.717, 1.165) is 0 Å². The van der Waals surface area contributed by atoms with Crippen LogP contribution in [0.3, 0.4) is 0 Å². The van der Waals surface area contributed by atoms with Crippen molar-refractivity contribution in [3.63, 3.8) is 0 Å². The minimum atomic E-state index is -1.18. The third-order valence-corrected chi connectivity index (χ3v) is 4.06. The number of Topliss-reactive ketones (excluding diaryl/α,β-unsaturated/α-hetero) is 1. The van der Waals surface area contributed by atoms with Gasteiger partial charge in [0.05, 0.1) is 11.3 Å². The molecular formula is C16H18N2O6. The number of nitrogens with one attached hydrogen (secondary N) is 1. The van der Waals surface area contributed by atoms with E-state index in [-0.39, 0.29) is 24.3 Å². The Labute approximate surface area is 138 Å². The number of ketones is 1. The van der Waals surface area contributed by atoms with E-state index in [0.29, 0.717) is 24.8 Å². The molecule has 2 rings (SSSR count). The smallest absolute Gasteiger partial charge is 0.326 e. The van der Waals surface area contributed by atoms with Gasteiger partial charge in [0.25, 0.3) is 5.69 Å². The van der Waals surface area contributed by atoms with Crippen molar-refractivity contribution in [2.24, 2.45) is 5.92 Å². The zero-order chi connectivity index (χ0) is 17.7. The van der Waals surface area contributed by atoms with Gasteiger partial charge in [0.2, 0.25) is 5.91 Å². The molecule has 8 nitrogen and oxygen atoms in total. The van der Waals surface area contributed by atoms with Crippen molar-refractivity contribution in [2.75, 3.05) is 0 Å². The monoisotopic (exact) mass is 334 g/mol. The van der Waals surface area contributed by atoms with Crippen molar-refractivity contribution < 1.29 is 24.4 Å². The van der Waals surface area contributed by atoms with Gasteiger partial charge in [-0.3, -0.25) is 19.7 Å². The normalized spacial score (nSPS) is 18.7. The predicted molar refractivity (Wildman–Crippen MR) is 83.3 cm³/mol. The molecule has 2 atom stereocenters. The Morgan fingerprint density at radius 1 is 1.42 bits per heavy atom. The third-order valence-electron chi connectivity index (χ3n) is 4.06. The molecule has 0 heterocycles. The Morgan fingerprint density at radius 2 is 2.17 bits per heavy atom. The molecule has 1 aromatic carbocycles. The van der Waals surface area contributed by atoms with Gasteiger partial charge in [-0.05, 0) is 24.3 Å². The molecule has 1 fully saturated rings. The standard InChI is InChI=1S/C16H18N2O6/c19-13-6-2-4-11(9-13)15(16(21)22)17-14(20)8-10-3-1-5-12(7-10)18(23)24/h1,3,5,7,11,15H,2,4,6,8-9H2,(H,17,20)(H,21,22)/t11-,15-/m0/s1. The fourth-order valence-corrected chi connectivity index (χ4v) is 2.91. The number of benzene rings is 1. The highest BCUT2D eigenvalue weighted by Crippen LogP contribution is 2.24. The molecule has 1 aliphatic rings. The molecule has 1 aromatic rings. The molecule has 2 N–H and O–H groups in total. The Morgan fingerprint density at radius 3 is 2.79 bits per heavy atom. The number of carbonyl (C=O) groups excluding carboxylic acids is 2. The van der Waals surface area contributed by atoms with E-state index in [1.807, 2.05) is 0 Å². The van der Waals surface area contributed by atoms with Crippen molar-refractivity contribution >= 4 is 23.3 Å². The highest BCUT2D eigenvalue weighted by Gasteiger charge is 2.33. The van der Waals surface area contributed by atoms with Crippen molar-refractivity contribution in [3.8, 4) is 0 Å². The maximum Gasteiger partial charge on any atom is 0.326 e. The average Bonchev–Trinajstić information content (AvgIpc) is 2.52. The predicted octanol–water partition coefficient (Wildman–Crippen LogP) is 1.47. The summed E-state index contributed by atoms with van der Waals surface area (Å²) in [5.41, 5.74) is 0.290. The molecule has 8 heteroatoms. The highest BCUT2D eigenvalue weighted by molar-refractivity contribution is 5.86. The number of aliphatic carboxylic acids is 1. The SMILES string of the molecule is O=C1CCC[C@H]([C@H](NC(=O)Cc2cccc([N+](=O)[O-])c2)C(=O)O)C1. The fourth-order valence-electron chi connectivity index (χ4n) is 2.91. The summed E-state index contributed by atoms with van der Waals surface area (Å²) in [6, 6.07) is 4.50. The lowest BCUT2D eigenvalue weighted by Gasteiger charge is -2.27. The van der Waals surface area contributed by atoms with E-state index in [2.05, 4.69) is 5.32 Å². The number of rotatable bonds is 6. The molecule has 0 aromatic heterocycles. The summed E-state index contributed by atoms with van der Waals surface area (Å²) in [6.07, 6.45) is 1.62. The van der Waals surface area contributed by atoms with Crippen molar-refractivity contribution in [1.29, 1.82) is 0 Å². The number of nitrogens with zero attached hydrogens (tertiary/aromatic N) is 1. The van der Waals surface area contributed by atoms with Crippen LogP contribution >= 0.6 is 0 Å². The minimum Gasteiger partial charge on any atom is -0.480 e. The molecular weight excluding hydrogens is 316 g/mol. The fraction of sp³-hybridized carbons (Fsp3) is 0.438. The van der Waals surface area contributed by atoms with E-state index in [4.69, 9.17) is 0 Å². The molecule has 1 saturated carbocycles. The minimum absolute atomic E-state index is 0.00503. The lowest BCUT2D eigenvalue weighted by molar-refractivity contribution is -0.384. The van der Waals surface area contributed by atoms with Gasteiger partial charge in [-0.1, -0.05) is 12.1 Å². The molecule has 24 heavy (non-hydrogen) atoms. The number of carboxylic acid groups (broad SMARTS) is 1. The number of non-ortho nitro benzene ring substituents is 1. The van der Waals surface area contributed by atoms with Crippen LogP contribution in [0.15, 0.2) is 24.3 Å². The Hall–Kier alpha value is -2.77. The molecule has 128 valence electrons. The van der Waals surface area contributed by atoms with Crippen LogP contribution < -0.4 is 5.32 Å². The van der Waals surface area contributed by atoms with Gasteiger partial charge in [0.15, 0.2) is 0 Å². The number of carboxylic acids is 1. The molecule has 0 saturated heterocycles. The largest absolute Gasteiger partial charge is 0.480 e. The highest BCUT2D eigenvalue weighted by atomic mass is 16.6. The van der Waals surface area contributed by atoms with Crippen LogP contribution in [0.1, 0.15) is 31.2 Å². The van der Waals surface area contributed by atoms with E-state index in [1.165, 1.54) is 18.2 Å². The van der Waals surface area contributed by atoms with Crippen LogP contribution in [0.4, 0.5) is 5.69 Å². The van der Waals surface area contributed by atoms with Crippen LogP contribution in [-0.2, 0) is 20.8 Å². The summed E-state index contributed by atoms with van der Waals surface area (Å²) in [6.45, 7) is 0. The summed E-state index contributed by atoms with van der Waals surface area (Å²) < 4.78 is 0. The number of hydrogen-bond acceptors (Lipinski definition) is 5. The molecule has 1 aliphatic carbocycles. The van der Waals surface area contributed by atoms with Gasteiger partial charge in [-0.2, -0.15) is 0 Å². The van der Waals surface area contributed by atoms with Crippen molar-refractivity contribution in [1.82, 2.24) is 5.32 Å². The summed E-state index contributed by atoms with van der Waals surface area (Å²) in [5, 5.41) is 22.5. The van der Waals surface area contributed by atoms with Gasteiger partial charge in [-0.15, -0.1) is 0 Å². The number of amides is 1. The van der Waals surface area contributed by atoms with Crippen LogP contribution in [0.2, 0.25) is 0 Å². The number of hydrogen-bond donors (Lipinski definition) is 2. The van der Waals surface area contributed by atoms with Crippen molar-refractivity contribution in [2.45, 2.75) is 38.1 Å². The van der Waals surface area contributed by atoms with Crippen LogP contribution in [0.5, 0.6) is 0 Å². The molecule has 0 unspecified atom stereocenters. The first-order valence-corrected chi connectivity index (χ1v) is 7.64. The molecule has 0 radical (unpaired) electrons. The Kier molecular flexibility index (Phi) is 5.62. The molecule has 1 amide bonds.